The van der Waals surface area contributed by atoms with Gasteiger partial charge in [-0.05, 0) is 43.2 Å². The molecule has 2 aliphatic rings. The fraction of sp³-hybridized carbons (Fsp3) is 0.556. The van der Waals surface area contributed by atoms with Crippen molar-refractivity contribution >= 4 is 64.7 Å². The monoisotopic (exact) mass is 788 g/mol. The highest BCUT2D eigenvalue weighted by atomic mass is 35.5. The molecule has 0 radical (unpaired) electrons. The van der Waals surface area contributed by atoms with E-state index in [0.29, 0.717) is 37.9 Å². The number of thioether (sulfide) groups is 1. The van der Waals surface area contributed by atoms with E-state index in [4.69, 9.17) is 26.9 Å². The normalized spacial score (nSPS) is 18.8. The number of nitrogens with one attached hydrogen (secondary N) is 4. The van der Waals surface area contributed by atoms with Gasteiger partial charge in [-0.1, -0.05) is 81.0 Å². The molecule has 3 atom stereocenters. The van der Waals surface area contributed by atoms with Crippen molar-refractivity contribution < 1.29 is 38.3 Å². The van der Waals surface area contributed by atoms with Crippen LogP contribution in [0.4, 0.5) is 10.7 Å². The zero-order valence-corrected chi connectivity index (χ0v) is 32.2. The van der Waals surface area contributed by atoms with Gasteiger partial charge in [0, 0.05) is 37.6 Å². The van der Waals surface area contributed by atoms with Crippen molar-refractivity contribution in [1.82, 2.24) is 36.5 Å². The number of nitrogen functional groups attached to an aromatic ring is 1. The van der Waals surface area contributed by atoms with Crippen LogP contribution in [0.15, 0.2) is 30.3 Å². The van der Waals surface area contributed by atoms with Gasteiger partial charge in [0.2, 0.25) is 23.4 Å². The van der Waals surface area contributed by atoms with Gasteiger partial charge in [0.1, 0.15) is 16.6 Å². The number of benzene rings is 1. The van der Waals surface area contributed by atoms with E-state index >= 15 is 0 Å². The lowest BCUT2D eigenvalue weighted by Gasteiger charge is -2.39. The van der Waals surface area contributed by atoms with Gasteiger partial charge in [0.15, 0.2) is 0 Å². The lowest BCUT2D eigenvalue weighted by Crippen LogP contribution is -2.59. The van der Waals surface area contributed by atoms with Crippen LogP contribution in [0.5, 0.6) is 5.88 Å². The molecule has 0 unspecified atom stereocenters. The van der Waals surface area contributed by atoms with E-state index in [9.17, 15) is 28.8 Å². The Morgan fingerprint density at radius 1 is 0.944 bits per heavy atom. The molecule has 16 nitrogen and oxygen atoms in total. The molecule has 2 aliphatic heterocycles. The van der Waals surface area contributed by atoms with Gasteiger partial charge in [0.25, 0.3) is 5.91 Å². The summed E-state index contributed by atoms with van der Waals surface area (Å²) >= 11 is 7.41. The standard InChI is InChI=1S/C36H49ClN8O8S/c1-3-5-7-11-26(46)32(49)42-36(18-10-9-13-30(48)53-44-43-33(50)27(47)12-8-6-4-2)31-25(22-54-36)39-35(51)45(31)20-23-14-16-24(17-15-23)21-52-29-19-28(37)40-34(38)41-29/h14-17,19,25,31,44H,3-13,18,20-22H2,1-2H3,(H,39,51)(H,42,49)(H,43,50)(H2,38,40,41)/t25-,31-,36-/m1/s1. The summed E-state index contributed by atoms with van der Waals surface area (Å²) in [6.07, 6.45) is 6.04. The van der Waals surface area contributed by atoms with Crippen molar-refractivity contribution in [2.24, 2.45) is 0 Å². The number of ketones is 2. The number of nitrogens with zero attached hydrogens (tertiary/aromatic N) is 3. The molecule has 4 amide bonds. The number of aromatic nitrogens is 2. The molecule has 2 saturated heterocycles. The largest absolute Gasteiger partial charge is 0.473 e. The van der Waals surface area contributed by atoms with Gasteiger partial charge in [-0.15, -0.1) is 11.8 Å². The quantitative estimate of drug-likeness (QED) is 0.0353. The van der Waals surface area contributed by atoms with Crippen LogP contribution < -0.4 is 32.1 Å². The number of Topliss-reactive ketones (excluding diaryl/α,β-unsaturated/α-hetero) is 2. The van der Waals surface area contributed by atoms with E-state index in [1.165, 1.54) is 17.8 Å². The Kier molecular flexibility index (Phi) is 16.3. The molecule has 0 bridgehead atoms. The summed E-state index contributed by atoms with van der Waals surface area (Å²) < 4.78 is 5.71. The molecule has 0 saturated carbocycles. The lowest BCUT2D eigenvalue weighted by molar-refractivity contribution is -0.157. The number of rotatable bonds is 23. The SMILES string of the molecule is CCCCCC(=O)C(=O)NNOC(=O)CCCC[C@@]1(NC(=O)C(=O)CCCCC)SC[C@H]2NC(=O)N(Cc3ccc(COc4cc(Cl)nc(N)n4)cc3)[C@H]21. The molecule has 2 aromatic rings. The Morgan fingerprint density at radius 2 is 1.59 bits per heavy atom. The van der Waals surface area contributed by atoms with Crippen molar-refractivity contribution in [2.45, 2.75) is 121 Å². The minimum absolute atomic E-state index is 0.00178. The van der Waals surface area contributed by atoms with Crippen LogP contribution in [0.2, 0.25) is 5.15 Å². The average molecular weight is 789 g/mol. The van der Waals surface area contributed by atoms with E-state index in [2.05, 4.69) is 26.0 Å². The summed E-state index contributed by atoms with van der Waals surface area (Å²) in [4.78, 5) is 89.2. The molecular weight excluding hydrogens is 740 g/mol. The molecule has 18 heteroatoms. The van der Waals surface area contributed by atoms with Crippen LogP contribution in [0.1, 0.15) is 102 Å². The van der Waals surface area contributed by atoms with Gasteiger partial charge >= 0.3 is 17.9 Å². The summed E-state index contributed by atoms with van der Waals surface area (Å²) in [7, 11) is 0. The van der Waals surface area contributed by atoms with Gasteiger partial charge in [-0.2, -0.15) is 4.98 Å². The van der Waals surface area contributed by atoms with Crippen LogP contribution >= 0.6 is 23.4 Å². The number of hydrazine groups is 1. The average Bonchev–Trinajstić information content (AvgIpc) is 3.64. The maximum atomic E-state index is 13.4. The molecule has 6 N–H and O–H groups in total. The van der Waals surface area contributed by atoms with Crippen LogP contribution in [0.25, 0.3) is 0 Å². The summed E-state index contributed by atoms with van der Waals surface area (Å²) in [5, 5.41) is 6.24. The van der Waals surface area contributed by atoms with Crippen LogP contribution in [-0.2, 0) is 42.0 Å². The Balaban J connectivity index is 1.38. The Bertz CT molecular complexity index is 1630. The first-order valence-corrected chi connectivity index (χ1v) is 19.7. The predicted molar refractivity (Wildman–Crippen MR) is 201 cm³/mol. The highest BCUT2D eigenvalue weighted by Gasteiger charge is 2.58. The van der Waals surface area contributed by atoms with Crippen molar-refractivity contribution in [3.63, 3.8) is 0 Å². The van der Waals surface area contributed by atoms with Crippen molar-refractivity contribution in [1.29, 1.82) is 0 Å². The smallest absolute Gasteiger partial charge is 0.327 e. The number of urea groups is 1. The number of halogens is 1. The Labute approximate surface area is 323 Å². The van der Waals surface area contributed by atoms with Crippen molar-refractivity contribution in [2.75, 3.05) is 11.5 Å². The topological polar surface area (TPSA) is 224 Å². The summed E-state index contributed by atoms with van der Waals surface area (Å²) in [5.41, 5.74) is 11.4. The molecule has 1 aromatic carbocycles. The minimum Gasteiger partial charge on any atom is -0.473 e. The molecule has 4 rings (SSSR count). The maximum Gasteiger partial charge on any atom is 0.327 e. The zero-order chi connectivity index (χ0) is 39.1. The molecule has 0 aliphatic carbocycles. The third kappa shape index (κ3) is 12.3. The van der Waals surface area contributed by atoms with E-state index in [1.54, 1.807) is 4.90 Å². The number of carbonyl (C=O) groups is 6. The summed E-state index contributed by atoms with van der Waals surface area (Å²) in [6, 6.07) is 7.89. The number of anilines is 1. The van der Waals surface area contributed by atoms with E-state index in [1.807, 2.05) is 43.7 Å². The van der Waals surface area contributed by atoms with Crippen molar-refractivity contribution in [3.05, 3.63) is 46.6 Å². The van der Waals surface area contributed by atoms with E-state index in [-0.39, 0.29) is 61.5 Å². The number of carbonyl (C=O) groups excluding carboxylic acids is 6. The fourth-order valence-corrected chi connectivity index (χ4v) is 8.15. The summed E-state index contributed by atoms with van der Waals surface area (Å²) in [5.74, 6) is -2.62. The van der Waals surface area contributed by atoms with Crippen molar-refractivity contribution in [3.8, 4) is 5.88 Å². The number of ether oxygens (including phenoxy) is 1. The van der Waals surface area contributed by atoms with Crippen LogP contribution in [-0.4, -0.2) is 73.0 Å². The second kappa shape index (κ2) is 20.8. The first-order valence-electron chi connectivity index (χ1n) is 18.3. The second-order valence-corrected chi connectivity index (χ2v) is 15.0. The number of nitrogens with two attached hydrogens (primary N) is 1. The zero-order valence-electron chi connectivity index (χ0n) is 30.6. The number of hydrogen-bond donors (Lipinski definition) is 5. The summed E-state index contributed by atoms with van der Waals surface area (Å²) in [6.45, 7) is 4.43. The van der Waals surface area contributed by atoms with Gasteiger partial charge in [0.05, 0.1) is 12.1 Å². The number of amides is 4. The van der Waals surface area contributed by atoms with Gasteiger partial charge in [-0.25, -0.2) is 9.78 Å². The second-order valence-electron chi connectivity index (χ2n) is 13.3. The molecule has 3 heterocycles. The number of fused-ring (bicyclic) bond motifs is 1. The molecule has 2 fully saturated rings. The molecular formula is C36H49ClN8O8S. The first-order chi connectivity index (χ1) is 25.9. The number of unbranched alkanes of at least 4 members (excludes halogenated alkanes) is 5. The molecule has 54 heavy (non-hydrogen) atoms. The Hall–Kier alpha value is -4.48. The first kappa shape index (κ1) is 42.3. The Morgan fingerprint density at radius 3 is 2.26 bits per heavy atom. The van der Waals surface area contributed by atoms with Crippen LogP contribution in [0.3, 0.4) is 0 Å². The molecule has 0 spiro atoms. The highest BCUT2D eigenvalue weighted by Crippen LogP contribution is 2.46. The van der Waals surface area contributed by atoms with E-state index in [0.717, 1.165) is 36.8 Å². The minimum atomic E-state index is -1.01. The molecule has 294 valence electrons. The highest BCUT2D eigenvalue weighted by molar-refractivity contribution is 8.01. The van der Waals surface area contributed by atoms with Gasteiger partial charge in [-0.3, -0.25) is 29.4 Å². The fourth-order valence-electron chi connectivity index (χ4n) is 6.31. The van der Waals surface area contributed by atoms with Gasteiger partial charge < -0.3 is 30.8 Å². The maximum absolute atomic E-state index is 13.4. The lowest BCUT2D eigenvalue weighted by atomic mass is 9.94. The molecule has 1 aromatic heterocycles. The third-order valence-electron chi connectivity index (χ3n) is 9.09. The van der Waals surface area contributed by atoms with Crippen LogP contribution in [0, 0.1) is 0 Å². The third-order valence-corrected chi connectivity index (χ3v) is 10.9. The van der Waals surface area contributed by atoms with E-state index < -0.39 is 40.3 Å². The number of hydrogen-bond acceptors (Lipinski definition) is 13. The predicted octanol–water partition coefficient (Wildman–Crippen LogP) is 4.05.